The number of nitrogens with one attached hydrogen (secondary N) is 1. The van der Waals surface area contributed by atoms with Crippen molar-refractivity contribution in [3.05, 3.63) is 76.3 Å². The van der Waals surface area contributed by atoms with Crippen molar-refractivity contribution >= 4 is 22.4 Å². The minimum Gasteiger partial charge on any atom is -0.497 e. The molecule has 1 amide bonds. The van der Waals surface area contributed by atoms with E-state index >= 15 is 0 Å². The van der Waals surface area contributed by atoms with E-state index in [0.29, 0.717) is 10.7 Å². The van der Waals surface area contributed by atoms with E-state index in [2.05, 4.69) is 39.5 Å². The van der Waals surface area contributed by atoms with Gasteiger partial charge in [0.25, 0.3) is 5.91 Å². The molecule has 0 atom stereocenters. The van der Waals surface area contributed by atoms with E-state index in [1.807, 2.05) is 6.07 Å². The maximum atomic E-state index is 12.4. The Balaban J connectivity index is 1.41. The summed E-state index contributed by atoms with van der Waals surface area (Å²) in [5.74, 6) is 0.583. The zero-order valence-electron chi connectivity index (χ0n) is 15.1. The number of benzene rings is 2. The molecule has 138 valence electrons. The fourth-order valence-electron chi connectivity index (χ4n) is 3.19. The Kier molecular flexibility index (Phi) is 5.18. The lowest BCUT2D eigenvalue weighted by molar-refractivity contribution is 0.102. The van der Waals surface area contributed by atoms with Crippen LogP contribution in [0.4, 0.5) is 5.13 Å². The van der Waals surface area contributed by atoms with Gasteiger partial charge in [-0.1, -0.05) is 30.3 Å². The van der Waals surface area contributed by atoms with Crippen LogP contribution in [0.3, 0.4) is 0 Å². The Hall–Kier alpha value is -2.70. The maximum absolute atomic E-state index is 12.4. The SMILES string of the molecule is COc1ccc(C(=O)Nc2nc3c(s2)CN(Cc2ccccc2)CC3)cc1. The van der Waals surface area contributed by atoms with Crippen molar-refractivity contribution in [2.75, 3.05) is 19.0 Å². The number of aromatic nitrogens is 1. The monoisotopic (exact) mass is 379 g/mol. The molecule has 0 unspecified atom stereocenters. The minimum atomic E-state index is -0.148. The van der Waals surface area contributed by atoms with Gasteiger partial charge in [0.1, 0.15) is 5.75 Å². The molecule has 27 heavy (non-hydrogen) atoms. The van der Waals surface area contributed by atoms with Crippen molar-refractivity contribution in [3.63, 3.8) is 0 Å². The molecular formula is C21H21N3O2S. The average Bonchev–Trinajstić information content (AvgIpc) is 3.10. The second-order valence-corrected chi connectivity index (χ2v) is 7.60. The lowest BCUT2D eigenvalue weighted by Crippen LogP contribution is -2.29. The third-order valence-electron chi connectivity index (χ3n) is 4.63. The first-order chi connectivity index (χ1) is 13.2. The molecule has 1 aliphatic rings. The van der Waals surface area contributed by atoms with Crippen LogP contribution in [0.5, 0.6) is 5.75 Å². The quantitative estimate of drug-likeness (QED) is 0.729. The van der Waals surface area contributed by atoms with Crippen LogP contribution in [0.25, 0.3) is 0 Å². The van der Waals surface area contributed by atoms with Crippen LogP contribution in [0.2, 0.25) is 0 Å². The van der Waals surface area contributed by atoms with Gasteiger partial charge in [-0.2, -0.15) is 0 Å². The van der Waals surface area contributed by atoms with Crippen LogP contribution < -0.4 is 10.1 Å². The van der Waals surface area contributed by atoms with Crippen molar-refractivity contribution in [3.8, 4) is 5.75 Å². The fraction of sp³-hybridized carbons (Fsp3) is 0.238. The van der Waals surface area contributed by atoms with Gasteiger partial charge >= 0.3 is 0 Å². The normalized spacial score (nSPS) is 13.8. The topological polar surface area (TPSA) is 54.5 Å². The van der Waals surface area contributed by atoms with E-state index in [4.69, 9.17) is 4.74 Å². The largest absolute Gasteiger partial charge is 0.497 e. The third kappa shape index (κ3) is 4.18. The van der Waals surface area contributed by atoms with Crippen molar-refractivity contribution in [2.45, 2.75) is 19.5 Å². The molecule has 6 heteroatoms. The van der Waals surface area contributed by atoms with Crippen LogP contribution in [0, 0.1) is 0 Å². The standard InChI is InChI=1S/C21H21N3O2S/c1-26-17-9-7-16(8-10-17)20(25)23-21-22-18-11-12-24(14-19(18)27-21)13-15-5-3-2-4-6-15/h2-10H,11-14H2,1H3,(H,22,23,25). The number of hydrogen-bond donors (Lipinski definition) is 1. The van der Waals surface area contributed by atoms with Gasteiger partial charge in [-0.25, -0.2) is 4.98 Å². The van der Waals surface area contributed by atoms with Crippen LogP contribution in [-0.4, -0.2) is 29.4 Å². The number of anilines is 1. The van der Waals surface area contributed by atoms with Gasteiger partial charge < -0.3 is 4.74 Å². The summed E-state index contributed by atoms with van der Waals surface area (Å²) in [6.07, 6.45) is 0.914. The van der Waals surface area contributed by atoms with Gasteiger partial charge in [0.15, 0.2) is 5.13 Å². The van der Waals surface area contributed by atoms with Gasteiger partial charge in [-0.15, -0.1) is 11.3 Å². The molecule has 2 aromatic carbocycles. The molecule has 0 radical (unpaired) electrons. The molecule has 0 saturated heterocycles. The Bertz CT molecular complexity index is 922. The molecule has 4 rings (SSSR count). The molecule has 0 bridgehead atoms. The van der Waals surface area contributed by atoms with Gasteiger partial charge in [0.2, 0.25) is 0 Å². The molecule has 0 spiro atoms. The van der Waals surface area contributed by atoms with Crippen molar-refractivity contribution < 1.29 is 9.53 Å². The number of carbonyl (C=O) groups excluding carboxylic acids is 1. The van der Waals surface area contributed by atoms with Crippen LogP contribution in [0.15, 0.2) is 54.6 Å². The zero-order valence-corrected chi connectivity index (χ0v) is 16.0. The second kappa shape index (κ2) is 7.90. The van der Waals surface area contributed by atoms with Gasteiger partial charge in [-0.05, 0) is 29.8 Å². The first-order valence-corrected chi connectivity index (χ1v) is 9.73. The predicted molar refractivity (Wildman–Crippen MR) is 107 cm³/mol. The number of methoxy groups -OCH3 is 1. The van der Waals surface area contributed by atoms with E-state index in [9.17, 15) is 4.79 Å². The van der Waals surface area contributed by atoms with E-state index in [1.165, 1.54) is 10.4 Å². The lowest BCUT2D eigenvalue weighted by atomic mass is 10.1. The van der Waals surface area contributed by atoms with Crippen LogP contribution in [-0.2, 0) is 19.5 Å². The smallest absolute Gasteiger partial charge is 0.257 e. The molecule has 1 aromatic heterocycles. The number of fused-ring (bicyclic) bond motifs is 1. The molecule has 1 N–H and O–H groups in total. The summed E-state index contributed by atoms with van der Waals surface area (Å²) < 4.78 is 5.13. The van der Waals surface area contributed by atoms with E-state index in [0.717, 1.165) is 37.5 Å². The summed E-state index contributed by atoms with van der Waals surface area (Å²) in [5, 5.41) is 3.60. The van der Waals surface area contributed by atoms with E-state index < -0.39 is 0 Å². The Morgan fingerprint density at radius 3 is 2.70 bits per heavy atom. The molecule has 0 fully saturated rings. The first kappa shape index (κ1) is 17.7. The van der Waals surface area contributed by atoms with E-state index in [-0.39, 0.29) is 5.91 Å². The number of rotatable bonds is 5. The number of ether oxygens (including phenoxy) is 1. The number of hydrogen-bond acceptors (Lipinski definition) is 5. The maximum Gasteiger partial charge on any atom is 0.257 e. The van der Waals surface area contributed by atoms with Crippen LogP contribution in [0.1, 0.15) is 26.5 Å². The number of amides is 1. The third-order valence-corrected chi connectivity index (χ3v) is 5.63. The highest BCUT2D eigenvalue weighted by Crippen LogP contribution is 2.29. The summed E-state index contributed by atoms with van der Waals surface area (Å²) in [4.78, 5) is 20.7. The molecule has 0 saturated carbocycles. The zero-order chi connectivity index (χ0) is 18.6. The Morgan fingerprint density at radius 2 is 1.96 bits per heavy atom. The summed E-state index contributed by atoms with van der Waals surface area (Å²) in [6, 6.07) is 17.6. The Labute approximate surface area is 162 Å². The molecule has 3 aromatic rings. The number of carbonyl (C=O) groups is 1. The van der Waals surface area contributed by atoms with Gasteiger partial charge in [0.05, 0.1) is 12.8 Å². The molecular weight excluding hydrogens is 358 g/mol. The molecule has 1 aliphatic heterocycles. The van der Waals surface area contributed by atoms with Gasteiger partial charge in [-0.3, -0.25) is 15.0 Å². The summed E-state index contributed by atoms with van der Waals surface area (Å²) in [5.41, 5.74) is 3.02. The summed E-state index contributed by atoms with van der Waals surface area (Å²) >= 11 is 1.57. The fourth-order valence-corrected chi connectivity index (χ4v) is 4.24. The number of thiazole rings is 1. The highest BCUT2D eigenvalue weighted by Gasteiger charge is 2.21. The van der Waals surface area contributed by atoms with Crippen molar-refractivity contribution in [2.24, 2.45) is 0 Å². The molecule has 5 nitrogen and oxygen atoms in total. The highest BCUT2D eigenvalue weighted by molar-refractivity contribution is 7.15. The van der Waals surface area contributed by atoms with Crippen molar-refractivity contribution in [1.82, 2.24) is 9.88 Å². The van der Waals surface area contributed by atoms with Crippen molar-refractivity contribution in [1.29, 1.82) is 0 Å². The Morgan fingerprint density at radius 1 is 1.19 bits per heavy atom. The lowest BCUT2D eigenvalue weighted by Gasteiger charge is -2.25. The predicted octanol–water partition coefficient (Wildman–Crippen LogP) is 3.96. The minimum absolute atomic E-state index is 0.148. The summed E-state index contributed by atoms with van der Waals surface area (Å²) in [6.45, 7) is 2.80. The van der Waals surface area contributed by atoms with E-state index in [1.54, 1.807) is 42.7 Å². The average molecular weight is 379 g/mol. The second-order valence-electron chi connectivity index (χ2n) is 6.52. The molecule has 2 heterocycles. The van der Waals surface area contributed by atoms with Crippen LogP contribution >= 0.6 is 11.3 Å². The summed E-state index contributed by atoms with van der Waals surface area (Å²) in [7, 11) is 1.61. The highest BCUT2D eigenvalue weighted by atomic mass is 32.1. The molecule has 0 aliphatic carbocycles. The first-order valence-electron chi connectivity index (χ1n) is 8.91. The van der Waals surface area contributed by atoms with Gasteiger partial charge in [0, 0.05) is 36.5 Å². The number of nitrogens with zero attached hydrogens (tertiary/aromatic N) is 2.